The van der Waals surface area contributed by atoms with Gasteiger partial charge in [0.05, 0.1) is 25.0 Å². The molecule has 0 radical (unpaired) electrons. The zero-order valence-electron chi connectivity index (χ0n) is 13.1. The lowest BCUT2D eigenvalue weighted by Crippen LogP contribution is -2.34. The van der Waals surface area contributed by atoms with Gasteiger partial charge in [0.2, 0.25) is 5.91 Å². The lowest BCUT2D eigenvalue weighted by molar-refractivity contribution is -0.131. The first-order valence-electron chi connectivity index (χ1n) is 7.66. The van der Waals surface area contributed by atoms with Gasteiger partial charge in [-0.15, -0.1) is 11.3 Å². The molecule has 0 fully saturated rings. The molecule has 24 heavy (non-hydrogen) atoms. The Hall–Kier alpha value is -2.44. The molecule has 2 heterocycles. The molecule has 0 aliphatic carbocycles. The first-order valence-corrected chi connectivity index (χ1v) is 8.54. The zero-order valence-corrected chi connectivity index (χ0v) is 13.9. The van der Waals surface area contributed by atoms with Gasteiger partial charge in [0.1, 0.15) is 11.3 Å². The number of hydrogen-bond acceptors (Lipinski definition) is 5. The van der Waals surface area contributed by atoms with E-state index in [1.165, 1.54) is 11.3 Å². The highest BCUT2D eigenvalue weighted by molar-refractivity contribution is 7.13. The molecule has 3 aromatic rings. The third kappa shape index (κ3) is 4.10. The Labute approximate surface area is 144 Å². The highest BCUT2D eigenvalue weighted by Gasteiger charge is 2.16. The van der Waals surface area contributed by atoms with E-state index in [2.05, 4.69) is 4.98 Å². The molecule has 6 heteroatoms. The van der Waals surface area contributed by atoms with E-state index in [9.17, 15) is 9.90 Å². The van der Waals surface area contributed by atoms with Crippen LogP contribution < -0.4 is 0 Å². The van der Waals surface area contributed by atoms with Crippen molar-refractivity contribution in [2.75, 3.05) is 13.2 Å². The molecule has 0 atom stereocenters. The van der Waals surface area contributed by atoms with E-state index in [0.717, 1.165) is 21.8 Å². The summed E-state index contributed by atoms with van der Waals surface area (Å²) in [6.07, 6.45) is 3.46. The van der Waals surface area contributed by atoms with Crippen LogP contribution in [0.25, 0.3) is 10.6 Å². The number of nitrogens with zero attached hydrogens (tertiary/aromatic N) is 2. The van der Waals surface area contributed by atoms with Gasteiger partial charge in [-0.25, -0.2) is 4.98 Å². The normalized spacial score (nSPS) is 10.7. The maximum atomic E-state index is 12.6. The van der Waals surface area contributed by atoms with Crippen LogP contribution in [0.4, 0.5) is 0 Å². The van der Waals surface area contributed by atoms with Crippen LogP contribution in [0.3, 0.4) is 0 Å². The minimum Gasteiger partial charge on any atom is -0.472 e. The first kappa shape index (κ1) is 16.4. The van der Waals surface area contributed by atoms with E-state index < -0.39 is 0 Å². The number of carbonyl (C=O) groups excluding carboxylic acids is 1. The second-order valence-electron chi connectivity index (χ2n) is 5.36. The minimum atomic E-state index is -0.0596. The van der Waals surface area contributed by atoms with Crippen LogP contribution in [0, 0.1) is 0 Å². The third-order valence-electron chi connectivity index (χ3n) is 3.59. The van der Waals surface area contributed by atoms with Gasteiger partial charge in [-0.3, -0.25) is 4.79 Å². The van der Waals surface area contributed by atoms with Crippen molar-refractivity contribution in [2.45, 2.75) is 13.0 Å². The fraction of sp³-hybridized carbons (Fsp3) is 0.222. The number of carbonyl (C=O) groups is 1. The maximum Gasteiger partial charge on any atom is 0.228 e. The number of amides is 1. The number of hydrogen-bond donors (Lipinski definition) is 1. The van der Waals surface area contributed by atoms with Gasteiger partial charge in [-0.2, -0.15) is 0 Å². The van der Waals surface area contributed by atoms with Crippen molar-refractivity contribution >= 4 is 17.2 Å². The van der Waals surface area contributed by atoms with Gasteiger partial charge in [-0.05, 0) is 11.6 Å². The molecule has 1 aromatic carbocycles. The minimum absolute atomic E-state index is 0.0445. The Morgan fingerprint density at radius 2 is 2.08 bits per heavy atom. The Bertz CT molecular complexity index is 769. The number of aromatic nitrogens is 1. The van der Waals surface area contributed by atoms with Gasteiger partial charge < -0.3 is 14.4 Å². The molecule has 0 bridgehead atoms. The summed E-state index contributed by atoms with van der Waals surface area (Å²) in [4.78, 5) is 18.7. The number of aliphatic hydroxyl groups is 1. The molecule has 0 spiro atoms. The largest absolute Gasteiger partial charge is 0.472 e. The van der Waals surface area contributed by atoms with E-state index in [0.29, 0.717) is 13.1 Å². The third-order valence-corrected chi connectivity index (χ3v) is 4.53. The zero-order chi connectivity index (χ0) is 16.8. The fourth-order valence-corrected chi connectivity index (χ4v) is 3.20. The molecule has 0 aliphatic heterocycles. The van der Waals surface area contributed by atoms with Crippen molar-refractivity contribution in [2.24, 2.45) is 0 Å². The fourth-order valence-electron chi connectivity index (χ4n) is 2.39. The Morgan fingerprint density at radius 1 is 1.25 bits per heavy atom. The van der Waals surface area contributed by atoms with Crippen molar-refractivity contribution in [1.29, 1.82) is 0 Å². The standard InChI is InChI=1S/C18H18N2O3S/c21-8-7-20(11-14-4-2-1-3-5-14)17(22)10-16-13-24-18(19-16)15-6-9-23-12-15/h1-6,9,12-13,21H,7-8,10-11H2. The van der Waals surface area contributed by atoms with Crippen molar-refractivity contribution in [3.63, 3.8) is 0 Å². The van der Waals surface area contributed by atoms with Crippen LogP contribution in [0.5, 0.6) is 0 Å². The van der Waals surface area contributed by atoms with Crippen LogP contribution >= 0.6 is 11.3 Å². The number of thiazole rings is 1. The van der Waals surface area contributed by atoms with E-state index in [4.69, 9.17) is 4.42 Å². The number of aliphatic hydroxyl groups excluding tert-OH is 1. The smallest absolute Gasteiger partial charge is 0.228 e. The summed E-state index contributed by atoms with van der Waals surface area (Å²) in [6.45, 7) is 0.737. The molecule has 0 saturated heterocycles. The van der Waals surface area contributed by atoms with Crippen molar-refractivity contribution < 1.29 is 14.3 Å². The molecule has 0 saturated carbocycles. The van der Waals surface area contributed by atoms with Crippen molar-refractivity contribution in [3.05, 3.63) is 65.6 Å². The summed E-state index contributed by atoms with van der Waals surface area (Å²) in [5, 5.41) is 12.0. The predicted molar refractivity (Wildman–Crippen MR) is 92.5 cm³/mol. The summed E-state index contributed by atoms with van der Waals surface area (Å²) in [5.41, 5.74) is 2.68. The first-order chi connectivity index (χ1) is 11.8. The van der Waals surface area contributed by atoms with Crippen molar-refractivity contribution in [3.8, 4) is 10.6 Å². The molecule has 0 unspecified atom stereocenters. The quantitative estimate of drug-likeness (QED) is 0.717. The van der Waals surface area contributed by atoms with Gasteiger partial charge in [0.25, 0.3) is 0 Å². The lowest BCUT2D eigenvalue weighted by Gasteiger charge is -2.21. The summed E-state index contributed by atoms with van der Waals surface area (Å²) < 4.78 is 5.06. The second-order valence-corrected chi connectivity index (χ2v) is 6.22. The van der Waals surface area contributed by atoms with Crippen LogP contribution in [-0.2, 0) is 17.8 Å². The second kappa shape index (κ2) is 7.90. The van der Waals surface area contributed by atoms with Crippen LogP contribution in [0.1, 0.15) is 11.3 Å². The summed E-state index contributed by atoms with van der Waals surface area (Å²) >= 11 is 1.49. The topological polar surface area (TPSA) is 66.6 Å². The Balaban J connectivity index is 1.67. The van der Waals surface area contributed by atoms with Crippen LogP contribution in [0.2, 0.25) is 0 Å². The predicted octanol–water partition coefficient (Wildman–Crippen LogP) is 2.97. The molecule has 3 rings (SSSR count). The van der Waals surface area contributed by atoms with Gasteiger partial charge in [0.15, 0.2) is 0 Å². The summed E-state index contributed by atoms with van der Waals surface area (Å²) in [7, 11) is 0. The van der Waals surface area contributed by atoms with E-state index in [-0.39, 0.29) is 18.9 Å². The van der Waals surface area contributed by atoms with E-state index in [1.807, 2.05) is 41.8 Å². The molecule has 5 nitrogen and oxygen atoms in total. The average Bonchev–Trinajstić information content (AvgIpc) is 3.26. The summed E-state index contributed by atoms with van der Waals surface area (Å²) in [6, 6.07) is 11.6. The van der Waals surface area contributed by atoms with E-state index in [1.54, 1.807) is 17.4 Å². The lowest BCUT2D eigenvalue weighted by atomic mass is 10.2. The molecule has 1 N–H and O–H groups in total. The van der Waals surface area contributed by atoms with Crippen molar-refractivity contribution in [1.82, 2.24) is 9.88 Å². The number of furan rings is 1. The van der Waals surface area contributed by atoms with Gasteiger partial charge in [0, 0.05) is 24.0 Å². The Kier molecular flexibility index (Phi) is 5.40. The van der Waals surface area contributed by atoms with Gasteiger partial charge >= 0.3 is 0 Å². The monoisotopic (exact) mass is 342 g/mol. The Morgan fingerprint density at radius 3 is 2.79 bits per heavy atom. The number of rotatable bonds is 7. The average molecular weight is 342 g/mol. The van der Waals surface area contributed by atoms with Crippen LogP contribution in [0.15, 0.2) is 58.7 Å². The molecule has 124 valence electrons. The highest BCUT2D eigenvalue weighted by atomic mass is 32.1. The number of benzene rings is 1. The van der Waals surface area contributed by atoms with E-state index >= 15 is 0 Å². The molecule has 1 amide bonds. The molecular formula is C18H18N2O3S. The van der Waals surface area contributed by atoms with Crippen LogP contribution in [-0.4, -0.2) is 34.0 Å². The molecular weight excluding hydrogens is 324 g/mol. The molecule has 0 aliphatic rings. The van der Waals surface area contributed by atoms with Gasteiger partial charge in [-0.1, -0.05) is 30.3 Å². The summed E-state index contributed by atoms with van der Waals surface area (Å²) in [5.74, 6) is -0.0445. The SMILES string of the molecule is O=C(Cc1csc(-c2ccoc2)n1)N(CCO)Cc1ccccc1. The molecule has 2 aromatic heterocycles. The highest BCUT2D eigenvalue weighted by Crippen LogP contribution is 2.24. The maximum absolute atomic E-state index is 12.6.